The summed E-state index contributed by atoms with van der Waals surface area (Å²) in [6, 6.07) is 8.12. The van der Waals surface area contributed by atoms with E-state index in [1.807, 2.05) is 0 Å². The highest BCUT2D eigenvalue weighted by molar-refractivity contribution is 5.93. The molecule has 2 amide bonds. The van der Waals surface area contributed by atoms with E-state index in [2.05, 4.69) is 16.1 Å². The molecule has 0 saturated carbocycles. The van der Waals surface area contributed by atoms with Crippen LogP contribution in [0.2, 0.25) is 0 Å². The van der Waals surface area contributed by atoms with E-state index in [0.29, 0.717) is 62.5 Å². The topological polar surface area (TPSA) is 98.1 Å². The van der Waals surface area contributed by atoms with Crippen LogP contribution in [0.4, 0.5) is 9.18 Å². The average molecular weight is 368 g/mol. The first-order valence-corrected chi connectivity index (χ1v) is 8.82. The van der Waals surface area contributed by atoms with Gasteiger partial charge in [0.15, 0.2) is 0 Å². The predicted molar refractivity (Wildman–Crippen MR) is 102 cm³/mol. The third kappa shape index (κ3) is 4.31. The fraction of sp³-hybridized carbons (Fsp3) is 0.368. The second-order valence-corrected chi connectivity index (χ2v) is 6.36. The minimum Gasteiger partial charge on any atom is -0.390 e. The van der Waals surface area contributed by atoms with Gasteiger partial charge in [-0.15, -0.1) is 0 Å². The van der Waals surface area contributed by atoms with Gasteiger partial charge < -0.3 is 15.5 Å². The van der Waals surface area contributed by atoms with Crippen molar-refractivity contribution in [1.29, 1.82) is 5.26 Å². The quantitative estimate of drug-likeness (QED) is 0.466. The molecule has 1 aromatic carbocycles. The summed E-state index contributed by atoms with van der Waals surface area (Å²) in [6.45, 7) is 2.51. The first kappa shape index (κ1) is 18.6. The molecular weight excluding hydrogens is 347 g/mol. The number of halogens is 1. The normalized spacial score (nSPS) is 17.6. The Balaban J connectivity index is 1.66. The second kappa shape index (κ2) is 8.45. The van der Waals surface area contributed by atoms with Crippen molar-refractivity contribution in [3.63, 3.8) is 0 Å². The molecule has 3 rings (SSSR count). The number of nitrogens with zero attached hydrogens (tertiary/aromatic N) is 5. The first-order valence-electron chi connectivity index (χ1n) is 8.82. The standard InChI is InChI=1S/C19H21FN6O/c20-16-3-1-14(2-4-16)17(11-21)15-5-8-25(9-6-15)19(27)26-10-7-23-18(12-26)24-13-22/h1-4,13H,5-10,12H2,(H2,22,23,24). The van der Waals surface area contributed by atoms with Gasteiger partial charge in [-0.1, -0.05) is 12.1 Å². The molecule has 0 aromatic heterocycles. The number of amidine groups is 1. The van der Waals surface area contributed by atoms with Gasteiger partial charge in [-0.05, 0) is 36.1 Å². The molecule has 0 atom stereocenters. The van der Waals surface area contributed by atoms with Crippen LogP contribution in [-0.4, -0.2) is 60.7 Å². The summed E-state index contributed by atoms with van der Waals surface area (Å²) in [6.07, 6.45) is 2.44. The molecule has 7 nitrogen and oxygen atoms in total. The number of hydrogen-bond acceptors (Lipinski definition) is 4. The number of carbonyl (C=O) groups is 1. The van der Waals surface area contributed by atoms with Gasteiger partial charge in [-0.2, -0.15) is 5.26 Å². The smallest absolute Gasteiger partial charge is 0.320 e. The maximum Gasteiger partial charge on any atom is 0.320 e. The summed E-state index contributed by atoms with van der Waals surface area (Å²) in [5, 5.41) is 9.53. The van der Waals surface area contributed by atoms with Crippen LogP contribution in [0.25, 0.3) is 5.57 Å². The Bertz CT molecular complexity index is 827. The van der Waals surface area contributed by atoms with E-state index in [1.165, 1.54) is 18.5 Å². The molecule has 2 aliphatic rings. The number of nitriles is 1. The van der Waals surface area contributed by atoms with Crippen LogP contribution in [0.15, 0.2) is 39.8 Å². The molecule has 1 saturated heterocycles. The Morgan fingerprint density at radius 1 is 1.22 bits per heavy atom. The number of piperidine rings is 1. The Morgan fingerprint density at radius 2 is 1.93 bits per heavy atom. The Kier molecular flexibility index (Phi) is 5.81. The molecule has 2 N–H and O–H groups in total. The third-order valence-electron chi connectivity index (χ3n) is 4.73. The minimum atomic E-state index is -0.329. The van der Waals surface area contributed by atoms with E-state index >= 15 is 0 Å². The van der Waals surface area contributed by atoms with Gasteiger partial charge >= 0.3 is 6.03 Å². The highest BCUT2D eigenvalue weighted by atomic mass is 19.1. The maximum atomic E-state index is 13.1. The van der Waals surface area contributed by atoms with E-state index < -0.39 is 0 Å². The zero-order valence-corrected chi connectivity index (χ0v) is 14.9. The Morgan fingerprint density at radius 3 is 2.56 bits per heavy atom. The molecule has 2 aliphatic heterocycles. The number of benzene rings is 1. The van der Waals surface area contributed by atoms with Crippen LogP contribution < -0.4 is 5.73 Å². The molecular formula is C19H21FN6O. The molecule has 1 aromatic rings. The average Bonchev–Trinajstić information content (AvgIpc) is 2.70. The predicted octanol–water partition coefficient (Wildman–Crippen LogP) is 2.02. The van der Waals surface area contributed by atoms with Crippen molar-refractivity contribution in [2.45, 2.75) is 12.8 Å². The van der Waals surface area contributed by atoms with Gasteiger partial charge in [-0.25, -0.2) is 14.2 Å². The van der Waals surface area contributed by atoms with Gasteiger partial charge in [0.05, 0.1) is 31.1 Å². The van der Waals surface area contributed by atoms with Crippen LogP contribution >= 0.6 is 0 Å². The largest absolute Gasteiger partial charge is 0.390 e. The molecule has 0 radical (unpaired) electrons. The number of rotatable bonds is 1. The van der Waals surface area contributed by atoms with Crippen molar-refractivity contribution in [3.05, 3.63) is 41.2 Å². The first-order chi connectivity index (χ1) is 13.1. The van der Waals surface area contributed by atoms with Crippen molar-refractivity contribution < 1.29 is 9.18 Å². The van der Waals surface area contributed by atoms with Crippen LogP contribution in [0.3, 0.4) is 0 Å². The van der Waals surface area contributed by atoms with E-state index in [4.69, 9.17) is 5.73 Å². The fourth-order valence-corrected chi connectivity index (χ4v) is 3.31. The molecule has 140 valence electrons. The van der Waals surface area contributed by atoms with Crippen LogP contribution in [-0.2, 0) is 0 Å². The van der Waals surface area contributed by atoms with E-state index in [9.17, 15) is 14.4 Å². The number of hydrogen-bond donors (Lipinski definition) is 1. The number of allylic oxidation sites excluding steroid dienone is 1. The monoisotopic (exact) mass is 368 g/mol. The zero-order chi connectivity index (χ0) is 19.2. The summed E-state index contributed by atoms with van der Waals surface area (Å²) in [4.78, 5) is 24.5. The summed E-state index contributed by atoms with van der Waals surface area (Å²) in [7, 11) is 0. The lowest BCUT2D eigenvalue weighted by atomic mass is 9.94. The number of amides is 2. The van der Waals surface area contributed by atoms with Crippen molar-refractivity contribution in [1.82, 2.24) is 9.80 Å². The molecule has 0 bridgehead atoms. The summed E-state index contributed by atoms with van der Waals surface area (Å²) in [5.74, 6) is 0.225. The van der Waals surface area contributed by atoms with E-state index in [0.717, 1.165) is 5.57 Å². The van der Waals surface area contributed by atoms with Gasteiger partial charge in [0.1, 0.15) is 11.7 Å². The SMILES string of the molecule is N#CC(=C1CCN(C(=O)N2CCN=C(N=CN)C2)CC1)c1ccc(F)cc1. The number of carbonyl (C=O) groups excluding carboxylic acids is 1. The summed E-state index contributed by atoms with van der Waals surface area (Å²) >= 11 is 0. The number of nitrogens with two attached hydrogens (primary N) is 1. The lowest BCUT2D eigenvalue weighted by Gasteiger charge is -2.35. The van der Waals surface area contributed by atoms with Crippen LogP contribution in [0, 0.1) is 17.1 Å². The number of aliphatic imine (C=N–C) groups is 2. The molecule has 1 fully saturated rings. The van der Waals surface area contributed by atoms with Crippen LogP contribution in [0.1, 0.15) is 18.4 Å². The van der Waals surface area contributed by atoms with Gasteiger partial charge in [0.25, 0.3) is 0 Å². The molecule has 27 heavy (non-hydrogen) atoms. The van der Waals surface area contributed by atoms with Gasteiger partial charge in [-0.3, -0.25) is 4.99 Å². The van der Waals surface area contributed by atoms with E-state index in [1.54, 1.807) is 21.9 Å². The lowest BCUT2D eigenvalue weighted by Crippen LogP contribution is -2.49. The highest BCUT2D eigenvalue weighted by Crippen LogP contribution is 2.27. The number of likely N-dealkylation sites (tertiary alicyclic amines) is 1. The van der Waals surface area contributed by atoms with Crippen molar-refractivity contribution >= 4 is 23.8 Å². The highest BCUT2D eigenvalue weighted by Gasteiger charge is 2.27. The Labute approximate surface area is 157 Å². The molecule has 0 spiro atoms. The van der Waals surface area contributed by atoms with Crippen molar-refractivity contribution in [2.24, 2.45) is 15.7 Å². The second-order valence-electron chi connectivity index (χ2n) is 6.36. The fourth-order valence-electron chi connectivity index (χ4n) is 3.31. The Hall–Kier alpha value is -3.21. The molecule has 0 unspecified atom stereocenters. The van der Waals surface area contributed by atoms with Gasteiger partial charge in [0, 0.05) is 19.6 Å². The van der Waals surface area contributed by atoms with Crippen molar-refractivity contribution in [2.75, 3.05) is 32.7 Å². The van der Waals surface area contributed by atoms with E-state index in [-0.39, 0.29) is 11.8 Å². The van der Waals surface area contributed by atoms with Crippen LogP contribution in [0.5, 0.6) is 0 Å². The molecule has 0 aliphatic carbocycles. The molecule has 8 heteroatoms. The minimum absolute atomic E-state index is 0.0473. The van der Waals surface area contributed by atoms with Crippen molar-refractivity contribution in [3.8, 4) is 6.07 Å². The maximum absolute atomic E-state index is 13.1. The third-order valence-corrected chi connectivity index (χ3v) is 4.73. The molecule has 2 heterocycles. The summed E-state index contributed by atoms with van der Waals surface area (Å²) < 4.78 is 13.1. The van der Waals surface area contributed by atoms with Gasteiger partial charge in [0.2, 0.25) is 0 Å². The lowest BCUT2D eigenvalue weighted by molar-refractivity contribution is 0.155. The summed E-state index contributed by atoms with van der Waals surface area (Å²) in [5.41, 5.74) is 7.59. The zero-order valence-electron chi connectivity index (χ0n) is 14.9. The number of urea groups is 1.